The van der Waals surface area contributed by atoms with E-state index < -0.39 is 32.8 Å². The molecule has 18 heavy (non-hydrogen) atoms. The molecule has 7 nitrogen and oxygen atoms in total. The Balaban J connectivity index is 2.51. The lowest BCUT2D eigenvalue weighted by Crippen LogP contribution is -2.36. The Morgan fingerprint density at radius 1 is 1.44 bits per heavy atom. The van der Waals surface area contributed by atoms with E-state index in [4.69, 9.17) is 0 Å². The van der Waals surface area contributed by atoms with Gasteiger partial charge < -0.3 is 0 Å². The number of nitrogens with one attached hydrogen (secondary N) is 1. The molecule has 0 aromatic carbocycles. The van der Waals surface area contributed by atoms with Crippen LogP contribution in [0.15, 0.2) is 0 Å². The first-order chi connectivity index (χ1) is 8.30. The van der Waals surface area contributed by atoms with Crippen LogP contribution in [0.25, 0.3) is 0 Å². The number of hydrogen-bond acceptors (Lipinski definition) is 5. The molecule has 0 bridgehead atoms. The standard InChI is InChI=1S/C10H18N2O5S/c1-3-7(4-2)6-18(16,17)11-10(13)8-5-9(8)12(14)15/h7-9H,3-6H2,1-2H3,(H,11,13)/t8-,9+/m0/s1. The van der Waals surface area contributed by atoms with E-state index in [-0.39, 0.29) is 18.1 Å². The van der Waals surface area contributed by atoms with Crippen LogP contribution in [0, 0.1) is 22.0 Å². The highest BCUT2D eigenvalue weighted by molar-refractivity contribution is 7.90. The zero-order valence-electron chi connectivity index (χ0n) is 10.5. The van der Waals surface area contributed by atoms with Crippen molar-refractivity contribution in [3.05, 3.63) is 10.1 Å². The minimum Gasteiger partial charge on any atom is -0.273 e. The zero-order chi connectivity index (χ0) is 13.9. The summed E-state index contributed by atoms with van der Waals surface area (Å²) in [6.45, 7) is 3.77. The number of amides is 1. The van der Waals surface area contributed by atoms with Crippen LogP contribution in [-0.2, 0) is 14.8 Å². The molecule has 8 heteroatoms. The summed E-state index contributed by atoms with van der Waals surface area (Å²) in [6.07, 6.45) is 1.55. The third-order valence-electron chi connectivity index (χ3n) is 3.23. The Kier molecular flexibility index (Phi) is 4.66. The molecule has 0 aliphatic heterocycles. The van der Waals surface area contributed by atoms with Gasteiger partial charge in [-0.2, -0.15) is 0 Å². The van der Waals surface area contributed by atoms with Gasteiger partial charge in [-0.25, -0.2) is 8.42 Å². The highest BCUT2D eigenvalue weighted by atomic mass is 32.2. The second-order valence-electron chi connectivity index (χ2n) is 4.63. The number of rotatable bonds is 7. The molecule has 0 saturated heterocycles. The van der Waals surface area contributed by atoms with E-state index in [1.54, 1.807) is 0 Å². The maximum Gasteiger partial charge on any atom is 0.243 e. The van der Waals surface area contributed by atoms with Gasteiger partial charge in [0.2, 0.25) is 22.0 Å². The van der Waals surface area contributed by atoms with Gasteiger partial charge >= 0.3 is 0 Å². The predicted octanol–water partition coefficient (Wildman–Crippen LogP) is 0.534. The first kappa shape index (κ1) is 14.9. The summed E-state index contributed by atoms with van der Waals surface area (Å²) in [5.41, 5.74) is 0. The van der Waals surface area contributed by atoms with Crippen LogP contribution >= 0.6 is 0 Å². The lowest BCUT2D eigenvalue weighted by atomic mass is 10.1. The molecule has 0 unspecified atom stereocenters. The second-order valence-corrected chi connectivity index (χ2v) is 6.39. The van der Waals surface area contributed by atoms with E-state index >= 15 is 0 Å². The van der Waals surface area contributed by atoms with E-state index in [1.807, 2.05) is 18.6 Å². The van der Waals surface area contributed by atoms with Crippen LogP contribution < -0.4 is 4.72 Å². The molecule has 0 heterocycles. The quantitative estimate of drug-likeness (QED) is 0.540. The molecule has 1 amide bonds. The fourth-order valence-electron chi connectivity index (χ4n) is 1.80. The molecule has 0 spiro atoms. The number of sulfonamides is 1. The lowest BCUT2D eigenvalue weighted by molar-refractivity contribution is -0.497. The summed E-state index contributed by atoms with van der Waals surface area (Å²) in [4.78, 5) is 21.3. The Morgan fingerprint density at radius 2 is 2.00 bits per heavy atom. The molecule has 1 fully saturated rings. The summed E-state index contributed by atoms with van der Waals surface area (Å²) >= 11 is 0. The Morgan fingerprint density at radius 3 is 2.39 bits per heavy atom. The number of carbonyl (C=O) groups excluding carboxylic acids is 1. The fraction of sp³-hybridized carbons (Fsp3) is 0.900. The zero-order valence-corrected chi connectivity index (χ0v) is 11.3. The van der Waals surface area contributed by atoms with Crippen molar-refractivity contribution in [3.63, 3.8) is 0 Å². The average molecular weight is 278 g/mol. The highest BCUT2D eigenvalue weighted by Gasteiger charge is 2.54. The molecule has 0 aromatic rings. The largest absolute Gasteiger partial charge is 0.273 e. The van der Waals surface area contributed by atoms with E-state index in [9.17, 15) is 23.3 Å². The normalized spacial score (nSPS) is 22.8. The van der Waals surface area contributed by atoms with Gasteiger partial charge in [0, 0.05) is 11.3 Å². The number of carbonyl (C=O) groups is 1. The van der Waals surface area contributed by atoms with Gasteiger partial charge in [0.1, 0.15) is 5.92 Å². The number of hydrogen-bond donors (Lipinski definition) is 1. The van der Waals surface area contributed by atoms with Crippen molar-refractivity contribution < 1.29 is 18.1 Å². The molecule has 1 rings (SSSR count). The Labute approximate surface area is 106 Å². The predicted molar refractivity (Wildman–Crippen MR) is 64.9 cm³/mol. The minimum atomic E-state index is -3.68. The van der Waals surface area contributed by atoms with E-state index in [0.29, 0.717) is 12.8 Å². The van der Waals surface area contributed by atoms with E-state index in [0.717, 1.165) is 0 Å². The smallest absolute Gasteiger partial charge is 0.243 e. The molecule has 0 aromatic heterocycles. The van der Waals surface area contributed by atoms with Gasteiger partial charge in [-0.05, 0) is 5.92 Å². The molecule has 0 radical (unpaired) electrons. The van der Waals surface area contributed by atoms with Crippen LogP contribution in [0.4, 0.5) is 0 Å². The first-order valence-corrected chi connectivity index (χ1v) is 7.63. The van der Waals surface area contributed by atoms with Crippen molar-refractivity contribution in [3.8, 4) is 0 Å². The van der Waals surface area contributed by atoms with Gasteiger partial charge in [0.25, 0.3) is 0 Å². The minimum absolute atomic E-state index is 0.000755. The molecule has 1 aliphatic rings. The summed E-state index contributed by atoms with van der Waals surface area (Å²) in [6, 6.07) is -0.923. The molecule has 1 saturated carbocycles. The molecule has 1 N–H and O–H groups in total. The lowest BCUT2D eigenvalue weighted by Gasteiger charge is -2.12. The van der Waals surface area contributed by atoms with Crippen molar-refractivity contribution in [1.29, 1.82) is 0 Å². The van der Waals surface area contributed by atoms with Gasteiger partial charge in [-0.1, -0.05) is 26.7 Å². The molecule has 104 valence electrons. The summed E-state index contributed by atoms with van der Waals surface area (Å²) in [7, 11) is -3.68. The van der Waals surface area contributed by atoms with Crippen LogP contribution in [0.3, 0.4) is 0 Å². The molecule has 1 aliphatic carbocycles. The topological polar surface area (TPSA) is 106 Å². The van der Waals surface area contributed by atoms with Gasteiger partial charge in [0.05, 0.1) is 5.75 Å². The van der Waals surface area contributed by atoms with Gasteiger partial charge in [-0.15, -0.1) is 0 Å². The summed E-state index contributed by atoms with van der Waals surface area (Å²) < 4.78 is 25.3. The Hall–Kier alpha value is -1.18. The number of nitro groups is 1. The monoisotopic (exact) mass is 278 g/mol. The third-order valence-corrected chi connectivity index (χ3v) is 4.65. The van der Waals surface area contributed by atoms with Crippen molar-refractivity contribution in [2.75, 3.05) is 5.75 Å². The molecular formula is C10H18N2O5S. The average Bonchev–Trinajstić information content (AvgIpc) is 3.05. The molecule has 2 atom stereocenters. The van der Waals surface area contributed by atoms with Crippen LogP contribution in [0.2, 0.25) is 0 Å². The van der Waals surface area contributed by atoms with Crippen LogP contribution in [0.1, 0.15) is 33.1 Å². The first-order valence-electron chi connectivity index (χ1n) is 5.98. The van der Waals surface area contributed by atoms with Crippen molar-refractivity contribution in [2.24, 2.45) is 11.8 Å². The van der Waals surface area contributed by atoms with Gasteiger partial charge in [0.15, 0.2) is 0 Å². The van der Waals surface area contributed by atoms with Crippen molar-refractivity contribution in [2.45, 2.75) is 39.2 Å². The third kappa shape index (κ3) is 3.94. The molecular weight excluding hydrogens is 260 g/mol. The maximum atomic E-state index is 11.7. The van der Waals surface area contributed by atoms with E-state index in [2.05, 4.69) is 0 Å². The fourth-order valence-corrected chi connectivity index (χ4v) is 3.43. The van der Waals surface area contributed by atoms with E-state index in [1.165, 1.54) is 0 Å². The number of nitrogens with zero attached hydrogens (tertiary/aromatic N) is 1. The Bertz CT molecular complexity index is 430. The van der Waals surface area contributed by atoms with Crippen LogP contribution in [-0.4, -0.2) is 31.0 Å². The summed E-state index contributed by atoms with van der Waals surface area (Å²) in [5.74, 6) is -1.65. The SMILES string of the molecule is CCC(CC)CS(=O)(=O)NC(=O)[C@H]1C[C@H]1[N+](=O)[O-]. The van der Waals surface area contributed by atoms with Crippen molar-refractivity contribution >= 4 is 15.9 Å². The summed E-state index contributed by atoms with van der Waals surface area (Å²) in [5, 5.41) is 10.4. The van der Waals surface area contributed by atoms with Crippen molar-refractivity contribution in [1.82, 2.24) is 4.72 Å². The second kappa shape index (κ2) is 5.64. The maximum absolute atomic E-state index is 11.7. The van der Waals surface area contributed by atoms with Gasteiger partial charge in [-0.3, -0.25) is 19.6 Å². The highest BCUT2D eigenvalue weighted by Crippen LogP contribution is 2.33. The van der Waals surface area contributed by atoms with Crippen LogP contribution in [0.5, 0.6) is 0 Å².